The fourth-order valence-corrected chi connectivity index (χ4v) is 2.10. The molecule has 0 saturated carbocycles. The van der Waals surface area contributed by atoms with Crippen molar-refractivity contribution in [3.63, 3.8) is 0 Å². The molecular formula is C9H14O6. The van der Waals surface area contributed by atoms with E-state index in [0.717, 1.165) is 0 Å². The molecule has 86 valence electrons. The first-order valence-corrected chi connectivity index (χ1v) is 5.07. The van der Waals surface area contributed by atoms with Crippen LogP contribution in [0.1, 0.15) is 0 Å². The van der Waals surface area contributed by atoms with Gasteiger partial charge in [-0.05, 0) is 0 Å². The minimum atomic E-state index is -0.116. The summed E-state index contributed by atoms with van der Waals surface area (Å²) in [5.41, 5.74) is 0. The van der Waals surface area contributed by atoms with Crippen molar-refractivity contribution in [3.8, 4) is 0 Å². The summed E-state index contributed by atoms with van der Waals surface area (Å²) in [7, 11) is 0. The average Bonchev–Trinajstić information content (AvgIpc) is 2.48. The van der Waals surface area contributed by atoms with Crippen LogP contribution < -0.4 is 0 Å². The molecule has 4 atom stereocenters. The SMILES string of the molecule is C1OC[C@H]2OCO[C@@H]3COCO[C@H]3[C@H]2O1. The zero-order chi connectivity index (χ0) is 10.1. The van der Waals surface area contributed by atoms with Gasteiger partial charge in [-0.25, -0.2) is 0 Å². The molecular weight excluding hydrogens is 204 g/mol. The summed E-state index contributed by atoms with van der Waals surface area (Å²) in [6.45, 7) is 1.88. The van der Waals surface area contributed by atoms with Crippen molar-refractivity contribution in [2.45, 2.75) is 24.4 Å². The Morgan fingerprint density at radius 3 is 1.67 bits per heavy atom. The van der Waals surface area contributed by atoms with E-state index in [2.05, 4.69) is 0 Å². The third-order valence-corrected chi connectivity index (χ3v) is 2.87. The maximum atomic E-state index is 5.52. The van der Waals surface area contributed by atoms with Crippen molar-refractivity contribution in [3.05, 3.63) is 0 Å². The van der Waals surface area contributed by atoms with Gasteiger partial charge >= 0.3 is 0 Å². The van der Waals surface area contributed by atoms with Crippen LogP contribution >= 0.6 is 0 Å². The van der Waals surface area contributed by atoms with Gasteiger partial charge in [0.2, 0.25) is 0 Å². The summed E-state index contributed by atoms with van der Waals surface area (Å²) in [4.78, 5) is 0. The summed E-state index contributed by atoms with van der Waals surface area (Å²) < 4.78 is 32.4. The van der Waals surface area contributed by atoms with Crippen LogP contribution in [-0.2, 0) is 28.4 Å². The zero-order valence-electron chi connectivity index (χ0n) is 8.29. The molecule has 0 aromatic heterocycles. The second-order valence-electron chi connectivity index (χ2n) is 3.77. The lowest BCUT2D eigenvalue weighted by atomic mass is 10.0. The van der Waals surface area contributed by atoms with Crippen LogP contribution in [0.15, 0.2) is 0 Å². The van der Waals surface area contributed by atoms with Crippen LogP contribution in [0.2, 0.25) is 0 Å². The van der Waals surface area contributed by atoms with Gasteiger partial charge in [0.05, 0.1) is 13.2 Å². The van der Waals surface area contributed by atoms with E-state index in [1.165, 1.54) is 0 Å². The highest BCUT2D eigenvalue weighted by Crippen LogP contribution is 2.26. The van der Waals surface area contributed by atoms with Crippen LogP contribution in [-0.4, -0.2) is 58.0 Å². The van der Waals surface area contributed by atoms with Crippen molar-refractivity contribution < 1.29 is 28.4 Å². The summed E-state index contributed by atoms with van der Waals surface area (Å²) in [5.74, 6) is 0. The van der Waals surface area contributed by atoms with E-state index in [4.69, 9.17) is 28.4 Å². The summed E-state index contributed by atoms with van der Waals surface area (Å²) in [6, 6.07) is 0. The minimum absolute atomic E-state index is 0.105. The minimum Gasteiger partial charge on any atom is -0.353 e. The fraction of sp³-hybridized carbons (Fsp3) is 1.00. The molecule has 15 heavy (non-hydrogen) atoms. The molecule has 3 fully saturated rings. The fourth-order valence-electron chi connectivity index (χ4n) is 2.10. The van der Waals surface area contributed by atoms with E-state index in [1.807, 2.05) is 0 Å². The number of ether oxygens (including phenoxy) is 6. The maximum Gasteiger partial charge on any atom is 0.147 e. The molecule has 0 bridgehead atoms. The third-order valence-electron chi connectivity index (χ3n) is 2.87. The predicted octanol–water partition coefficient (Wildman–Crippen LogP) is -0.526. The highest BCUT2D eigenvalue weighted by molar-refractivity contribution is 4.89. The van der Waals surface area contributed by atoms with E-state index in [9.17, 15) is 0 Å². The van der Waals surface area contributed by atoms with Crippen molar-refractivity contribution >= 4 is 0 Å². The monoisotopic (exact) mass is 218 g/mol. The van der Waals surface area contributed by atoms with Gasteiger partial charge < -0.3 is 28.4 Å². The lowest BCUT2D eigenvalue weighted by Gasteiger charge is -2.37. The van der Waals surface area contributed by atoms with E-state index < -0.39 is 0 Å². The molecule has 3 heterocycles. The first kappa shape index (κ1) is 9.95. The molecule has 3 aliphatic rings. The Bertz CT molecular complexity index is 201. The Hall–Kier alpha value is -0.240. The Morgan fingerprint density at radius 2 is 1.13 bits per heavy atom. The normalized spacial score (nSPS) is 46.4. The molecule has 0 radical (unpaired) electrons. The summed E-state index contributed by atoms with van der Waals surface area (Å²) in [6.07, 6.45) is -0.441. The second kappa shape index (κ2) is 4.32. The second-order valence-corrected chi connectivity index (χ2v) is 3.77. The highest BCUT2D eigenvalue weighted by Gasteiger charge is 2.44. The average molecular weight is 218 g/mol. The first-order chi connectivity index (χ1) is 7.45. The molecule has 3 saturated heterocycles. The van der Waals surface area contributed by atoms with Gasteiger partial charge in [0, 0.05) is 0 Å². The molecule has 0 aromatic carbocycles. The largest absolute Gasteiger partial charge is 0.353 e. The van der Waals surface area contributed by atoms with Crippen LogP contribution in [0.3, 0.4) is 0 Å². The van der Waals surface area contributed by atoms with Gasteiger partial charge in [-0.3, -0.25) is 0 Å². The van der Waals surface area contributed by atoms with Gasteiger partial charge in [-0.1, -0.05) is 0 Å². The maximum absolute atomic E-state index is 5.52. The molecule has 6 nitrogen and oxygen atoms in total. The molecule has 0 spiro atoms. The predicted molar refractivity (Wildman–Crippen MR) is 46.0 cm³/mol. The molecule has 3 rings (SSSR count). The molecule has 6 heteroatoms. The lowest BCUT2D eigenvalue weighted by Crippen LogP contribution is -2.54. The van der Waals surface area contributed by atoms with Gasteiger partial charge in [-0.15, -0.1) is 0 Å². The number of hydrogen-bond donors (Lipinski definition) is 0. The van der Waals surface area contributed by atoms with Crippen molar-refractivity contribution in [2.75, 3.05) is 33.6 Å². The van der Waals surface area contributed by atoms with Crippen molar-refractivity contribution in [2.24, 2.45) is 0 Å². The van der Waals surface area contributed by atoms with Crippen LogP contribution in [0.5, 0.6) is 0 Å². The quantitative estimate of drug-likeness (QED) is 0.545. The smallest absolute Gasteiger partial charge is 0.147 e. The summed E-state index contributed by atoms with van der Waals surface area (Å²) in [5, 5.41) is 0. The molecule has 3 aliphatic heterocycles. The number of hydrogen-bond acceptors (Lipinski definition) is 6. The standard InChI is InChI=1S/C9H14O6/c1-6-8(14-3-10-1)9-7(13-5-12-6)2-11-4-15-9/h6-9H,1-5H2/t6-,7-,8-,9+/m1/s1. The topological polar surface area (TPSA) is 55.4 Å². The van der Waals surface area contributed by atoms with E-state index >= 15 is 0 Å². The van der Waals surface area contributed by atoms with E-state index in [1.54, 1.807) is 0 Å². The molecule has 0 amide bonds. The van der Waals surface area contributed by atoms with Crippen LogP contribution in [0.4, 0.5) is 0 Å². The Labute approximate surface area is 87.3 Å². The van der Waals surface area contributed by atoms with Gasteiger partial charge in [-0.2, -0.15) is 0 Å². The zero-order valence-corrected chi connectivity index (χ0v) is 8.29. The molecule has 0 aromatic rings. The number of rotatable bonds is 0. The van der Waals surface area contributed by atoms with Gasteiger partial charge in [0.25, 0.3) is 0 Å². The summed E-state index contributed by atoms with van der Waals surface area (Å²) >= 11 is 0. The van der Waals surface area contributed by atoms with Crippen molar-refractivity contribution in [1.82, 2.24) is 0 Å². The third kappa shape index (κ3) is 1.89. The molecule has 0 unspecified atom stereocenters. The molecule has 0 N–H and O–H groups in total. The molecule has 0 aliphatic carbocycles. The van der Waals surface area contributed by atoms with E-state index in [-0.39, 0.29) is 44.8 Å². The van der Waals surface area contributed by atoms with Gasteiger partial charge in [0.1, 0.15) is 44.8 Å². The van der Waals surface area contributed by atoms with E-state index in [0.29, 0.717) is 13.2 Å². The Balaban J connectivity index is 1.77. The number of fused-ring (bicyclic) bond motifs is 3. The van der Waals surface area contributed by atoms with Crippen molar-refractivity contribution in [1.29, 1.82) is 0 Å². The Kier molecular flexibility index (Phi) is 2.87. The van der Waals surface area contributed by atoms with Gasteiger partial charge in [0.15, 0.2) is 0 Å². The van der Waals surface area contributed by atoms with Crippen LogP contribution in [0.25, 0.3) is 0 Å². The Morgan fingerprint density at radius 1 is 0.600 bits per heavy atom. The van der Waals surface area contributed by atoms with Crippen LogP contribution in [0, 0.1) is 0 Å². The lowest BCUT2D eigenvalue weighted by molar-refractivity contribution is -0.260. The first-order valence-electron chi connectivity index (χ1n) is 5.07. The highest BCUT2D eigenvalue weighted by atomic mass is 16.8.